The fourth-order valence-electron chi connectivity index (χ4n) is 4.88. The number of hydrogen-bond donors (Lipinski definition) is 2. The number of alkyl carbamates (subject to hydrolysis) is 1. The minimum Gasteiger partial charge on any atom is -0.444 e. The summed E-state index contributed by atoms with van der Waals surface area (Å²) in [5.74, 6) is -1.80. The quantitative estimate of drug-likeness (QED) is 0.290. The van der Waals surface area contributed by atoms with Crippen LogP contribution in [0.4, 0.5) is 4.79 Å². The van der Waals surface area contributed by atoms with Crippen LogP contribution in [0.1, 0.15) is 66.9 Å². The van der Waals surface area contributed by atoms with Gasteiger partial charge in [-0.3, -0.25) is 9.69 Å². The molecule has 1 aromatic carbocycles. The van der Waals surface area contributed by atoms with Gasteiger partial charge in [0.25, 0.3) is 0 Å². The molecular formula is C30H48BN3O7. The highest BCUT2D eigenvalue weighted by atomic mass is 16.7. The zero-order chi connectivity index (χ0) is 30.3. The molecule has 2 aliphatic rings. The highest BCUT2D eigenvalue weighted by Gasteiger charge is 2.54. The van der Waals surface area contributed by atoms with Crippen LogP contribution in [0.25, 0.3) is 0 Å². The lowest BCUT2D eigenvalue weighted by atomic mass is 9.75. The average Bonchev–Trinajstić information content (AvgIpc) is 3.12. The van der Waals surface area contributed by atoms with Crippen molar-refractivity contribution in [2.75, 3.05) is 32.8 Å². The van der Waals surface area contributed by atoms with E-state index < -0.39 is 53.8 Å². The zero-order valence-electron chi connectivity index (χ0n) is 25.7. The van der Waals surface area contributed by atoms with Crippen LogP contribution in [-0.2, 0) is 34.8 Å². The van der Waals surface area contributed by atoms with E-state index in [0.29, 0.717) is 39.3 Å². The van der Waals surface area contributed by atoms with Crippen molar-refractivity contribution in [1.82, 2.24) is 15.5 Å². The Kier molecular flexibility index (Phi) is 11.4. The Morgan fingerprint density at radius 1 is 1.05 bits per heavy atom. The lowest BCUT2D eigenvalue weighted by Gasteiger charge is -2.33. The zero-order valence-corrected chi connectivity index (χ0v) is 25.7. The summed E-state index contributed by atoms with van der Waals surface area (Å²) >= 11 is 0. The van der Waals surface area contributed by atoms with Crippen molar-refractivity contribution >= 4 is 25.4 Å². The Morgan fingerprint density at radius 3 is 2.22 bits per heavy atom. The van der Waals surface area contributed by atoms with Crippen molar-refractivity contribution in [3.05, 3.63) is 35.9 Å². The van der Waals surface area contributed by atoms with Gasteiger partial charge in [-0.05, 0) is 73.3 Å². The van der Waals surface area contributed by atoms with E-state index in [4.69, 9.17) is 18.8 Å². The molecule has 2 N–H and O–H groups in total. The molecule has 2 heterocycles. The monoisotopic (exact) mass is 573 g/mol. The molecule has 10 nitrogen and oxygen atoms in total. The Labute approximate surface area is 245 Å². The fourth-order valence-corrected chi connectivity index (χ4v) is 4.88. The number of benzene rings is 1. The van der Waals surface area contributed by atoms with E-state index in [1.54, 1.807) is 20.8 Å². The summed E-state index contributed by atoms with van der Waals surface area (Å²) < 4.78 is 23.5. The highest BCUT2D eigenvalue weighted by molar-refractivity contribution is 6.48. The average molecular weight is 574 g/mol. The number of nitrogens with one attached hydrogen (secondary N) is 2. The molecule has 0 spiro atoms. The molecule has 0 aliphatic carbocycles. The number of nitrogens with zero attached hydrogens (tertiary/aromatic N) is 1. The van der Waals surface area contributed by atoms with E-state index in [9.17, 15) is 14.4 Å². The second kappa shape index (κ2) is 14.1. The molecule has 2 saturated heterocycles. The normalized spacial score (nSPS) is 21.0. The minimum absolute atomic E-state index is 0.301. The van der Waals surface area contributed by atoms with Crippen molar-refractivity contribution in [3.63, 3.8) is 0 Å². The molecule has 0 saturated carbocycles. The van der Waals surface area contributed by atoms with Gasteiger partial charge in [0.15, 0.2) is 0 Å². The number of aryl methyl sites for hydroxylation is 1. The molecule has 0 bridgehead atoms. The molecule has 228 valence electrons. The molecular weight excluding hydrogens is 525 g/mol. The second-order valence-corrected chi connectivity index (χ2v) is 13.0. The number of hydrogen-bond acceptors (Lipinski definition) is 8. The second-order valence-electron chi connectivity index (χ2n) is 13.0. The van der Waals surface area contributed by atoms with Gasteiger partial charge in [0.2, 0.25) is 5.91 Å². The van der Waals surface area contributed by atoms with Crippen LogP contribution < -0.4 is 10.6 Å². The van der Waals surface area contributed by atoms with Gasteiger partial charge in [-0.2, -0.15) is 0 Å². The van der Waals surface area contributed by atoms with E-state index in [1.807, 2.05) is 45.9 Å². The lowest BCUT2D eigenvalue weighted by molar-refractivity contribution is -0.128. The van der Waals surface area contributed by atoms with Crippen LogP contribution >= 0.6 is 0 Å². The third-order valence-corrected chi connectivity index (χ3v) is 7.88. The summed E-state index contributed by atoms with van der Waals surface area (Å²) in [7, 11) is -0.698. The van der Waals surface area contributed by atoms with Crippen LogP contribution in [0.15, 0.2) is 30.3 Å². The summed E-state index contributed by atoms with van der Waals surface area (Å²) in [6, 6.07) is 8.99. The van der Waals surface area contributed by atoms with E-state index >= 15 is 0 Å². The fraction of sp³-hybridized carbons (Fsp3) is 0.700. The topological polar surface area (TPSA) is 115 Å². The highest BCUT2D eigenvalue weighted by Crippen LogP contribution is 2.38. The van der Waals surface area contributed by atoms with Crippen molar-refractivity contribution in [1.29, 1.82) is 0 Å². The molecule has 0 radical (unpaired) electrons. The van der Waals surface area contributed by atoms with Crippen LogP contribution in [0, 0.1) is 5.92 Å². The summed E-state index contributed by atoms with van der Waals surface area (Å²) in [6.45, 7) is 15.8. The molecule has 41 heavy (non-hydrogen) atoms. The number of carbonyl (C=O) groups excluding carboxylic acids is 3. The molecule has 2 fully saturated rings. The van der Waals surface area contributed by atoms with Crippen LogP contribution in [0.5, 0.6) is 0 Å². The van der Waals surface area contributed by atoms with Crippen molar-refractivity contribution in [2.24, 2.45) is 5.92 Å². The first-order valence-corrected chi connectivity index (χ1v) is 14.7. The van der Waals surface area contributed by atoms with Crippen LogP contribution in [0.2, 0.25) is 0 Å². The van der Waals surface area contributed by atoms with Gasteiger partial charge in [0.05, 0.1) is 36.3 Å². The first-order chi connectivity index (χ1) is 19.2. The maximum atomic E-state index is 13.9. The summed E-state index contributed by atoms with van der Waals surface area (Å²) in [6.07, 6.45) is 2.14. The SMILES string of the molecule is CC(C)(C)OC(=O)N[C@H](C(=O)N[C@@H](CCCc1ccccc1)B1OC(C)(C)C(C)(C)O1)C(C=O)CN1CCOCC1. The summed E-state index contributed by atoms with van der Waals surface area (Å²) in [5, 5.41) is 5.76. The molecule has 0 aromatic heterocycles. The number of ether oxygens (including phenoxy) is 2. The van der Waals surface area contributed by atoms with Gasteiger partial charge < -0.3 is 34.2 Å². The number of aldehydes is 1. The molecule has 1 unspecified atom stereocenters. The Hall–Kier alpha value is -2.47. The maximum absolute atomic E-state index is 13.9. The predicted molar refractivity (Wildman–Crippen MR) is 157 cm³/mol. The lowest BCUT2D eigenvalue weighted by Crippen LogP contribution is -2.59. The van der Waals surface area contributed by atoms with Gasteiger partial charge >= 0.3 is 13.2 Å². The Morgan fingerprint density at radius 2 is 1.66 bits per heavy atom. The molecule has 3 atom stereocenters. The maximum Gasteiger partial charge on any atom is 0.481 e. The molecule has 2 amide bonds. The van der Waals surface area contributed by atoms with Gasteiger partial charge in [-0.25, -0.2) is 4.79 Å². The van der Waals surface area contributed by atoms with Gasteiger partial charge in [-0.1, -0.05) is 30.3 Å². The number of morpholine rings is 1. The van der Waals surface area contributed by atoms with Gasteiger partial charge in [0, 0.05) is 19.6 Å². The van der Waals surface area contributed by atoms with Crippen molar-refractivity contribution in [3.8, 4) is 0 Å². The van der Waals surface area contributed by atoms with E-state index in [0.717, 1.165) is 19.1 Å². The van der Waals surface area contributed by atoms with Crippen molar-refractivity contribution in [2.45, 2.75) is 96.5 Å². The molecule has 3 rings (SSSR count). The Balaban J connectivity index is 1.81. The number of amides is 2. The van der Waals surface area contributed by atoms with Gasteiger partial charge in [0.1, 0.15) is 17.9 Å². The van der Waals surface area contributed by atoms with Gasteiger partial charge in [-0.15, -0.1) is 0 Å². The van der Waals surface area contributed by atoms with E-state index in [2.05, 4.69) is 27.7 Å². The smallest absolute Gasteiger partial charge is 0.444 e. The molecule has 2 aliphatic heterocycles. The standard InChI is InChI=1S/C30H48BN3O7/c1-28(2,3)39-27(37)33-25(23(21-35)20-34-16-18-38-19-17-34)26(36)32-24(15-11-14-22-12-9-8-10-13-22)31-40-29(4,5)30(6,7)41-31/h8-10,12-13,21,23-25H,11,14-20H2,1-7H3,(H,32,36)(H,33,37)/t23?,24-,25-/m0/s1. The Bertz CT molecular complexity index is 993. The first kappa shape index (κ1) is 33.0. The molecule has 1 aromatic rings. The largest absolute Gasteiger partial charge is 0.481 e. The van der Waals surface area contributed by atoms with E-state index in [-0.39, 0.29) is 0 Å². The summed E-state index contributed by atoms with van der Waals surface area (Å²) in [5.41, 5.74) is -0.747. The minimum atomic E-state index is -1.15. The number of carbonyl (C=O) groups is 3. The van der Waals surface area contributed by atoms with Crippen LogP contribution in [-0.4, -0.2) is 91.9 Å². The third-order valence-electron chi connectivity index (χ3n) is 7.88. The molecule has 11 heteroatoms. The number of rotatable bonds is 12. The van der Waals surface area contributed by atoms with Crippen molar-refractivity contribution < 1.29 is 33.2 Å². The first-order valence-electron chi connectivity index (χ1n) is 14.7. The van der Waals surface area contributed by atoms with Crippen LogP contribution in [0.3, 0.4) is 0 Å². The van der Waals surface area contributed by atoms with E-state index in [1.165, 1.54) is 5.56 Å². The third kappa shape index (κ3) is 9.80. The summed E-state index contributed by atoms with van der Waals surface area (Å²) in [4.78, 5) is 41.1. The predicted octanol–water partition coefficient (Wildman–Crippen LogP) is 3.17.